The number of nitrogens with zero attached hydrogens (tertiary/aromatic N) is 1. The van der Waals surface area contributed by atoms with Crippen LogP contribution in [0, 0.1) is 0 Å². The molecule has 0 spiro atoms. The molecule has 2 aliphatic rings. The molecular formula is C36H40Cl2N2O6. The third-order valence-corrected chi connectivity index (χ3v) is 9.05. The summed E-state index contributed by atoms with van der Waals surface area (Å²) < 4.78 is 11.0. The summed E-state index contributed by atoms with van der Waals surface area (Å²) in [5.74, 6) is -1.41. The van der Waals surface area contributed by atoms with Crippen molar-refractivity contribution in [2.75, 3.05) is 6.61 Å². The Labute approximate surface area is 280 Å². The van der Waals surface area contributed by atoms with E-state index in [1.165, 1.54) is 0 Å². The number of benzene rings is 3. The minimum Gasteiger partial charge on any atom is -0.482 e. The Balaban J connectivity index is 1.48. The number of carbonyl (C=O) groups is 3. The van der Waals surface area contributed by atoms with Crippen LogP contribution in [0.4, 0.5) is 0 Å². The van der Waals surface area contributed by atoms with Gasteiger partial charge in [0.2, 0.25) is 5.91 Å². The van der Waals surface area contributed by atoms with Gasteiger partial charge in [-0.1, -0.05) is 72.4 Å². The van der Waals surface area contributed by atoms with Gasteiger partial charge in [-0.25, -0.2) is 4.79 Å². The Bertz CT molecular complexity index is 1610. The molecule has 10 heteroatoms. The molecule has 0 bridgehead atoms. The molecule has 46 heavy (non-hydrogen) atoms. The van der Waals surface area contributed by atoms with E-state index in [0.29, 0.717) is 45.3 Å². The molecule has 1 saturated carbocycles. The lowest BCUT2D eigenvalue weighted by molar-refractivity contribution is -0.157. The first-order chi connectivity index (χ1) is 21.8. The van der Waals surface area contributed by atoms with E-state index in [1.54, 1.807) is 80.3 Å². The van der Waals surface area contributed by atoms with Crippen molar-refractivity contribution in [3.05, 3.63) is 99.0 Å². The van der Waals surface area contributed by atoms with Gasteiger partial charge in [0.15, 0.2) is 6.61 Å². The fourth-order valence-corrected chi connectivity index (χ4v) is 6.98. The van der Waals surface area contributed by atoms with Crippen molar-refractivity contribution >= 4 is 41.0 Å². The molecule has 1 aliphatic carbocycles. The van der Waals surface area contributed by atoms with Crippen LogP contribution in [0.5, 0.6) is 5.75 Å². The molecule has 0 aromatic heterocycles. The van der Waals surface area contributed by atoms with Gasteiger partial charge in [0.1, 0.15) is 11.4 Å². The van der Waals surface area contributed by atoms with Crippen molar-refractivity contribution in [2.45, 2.75) is 89.1 Å². The Hall–Kier alpha value is -3.59. The minimum atomic E-state index is -0.837. The lowest BCUT2D eigenvalue weighted by atomic mass is 9.76. The zero-order chi connectivity index (χ0) is 33.2. The first-order valence-electron chi connectivity index (χ1n) is 15.6. The van der Waals surface area contributed by atoms with Crippen molar-refractivity contribution in [1.29, 1.82) is 0 Å². The maximum Gasteiger partial charge on any atom is 0.344 e. The van der Waals surface area contributed by atoms with Crippen LogP contribution < -0.4 is 10.1 Å². The number of halogens is 2. The Morgan fingerprint density at radius 2 is 1.74 bits per heavy atom. The number of aliphatic hydroxyl groups is 1. The largest absolute Gasteiger partial charge is 0.482 e. The highest BCUT2D eigenvalue weighted by Gasteiger charge is 2.49. The number of fused-ring (bicyclic) bond motifs is 1. The van der Waals surface area contributed by atoms with Gasteiger partial charge in [-0.3, -0.25) is 9.59 Å². The molecule has 8 nitrogen and oxygen atoms in total. The fraction of sp³-hybridized carbons (Fsp3) is 0.417. The maximum atomic E-state index is 14.5. The summed E-state index contributed by atoms with van der Waals surface area (Å²) in [6, 6.07) is 17.6. The number of hydrogen-bond acceptors (Lipinski definition) is 6. The highest BCUT2D eigenvalue weighted by atomic mass is 35.5. The van der Waals surface area contributed by atoms with Gasteiger partial charge in [-0.15, -0.1) is 0 Å². The SMILES string of the molecule is CC(NC(=O)[C@@H]1c2ccccc2C(=O)N([C@H]2CCCC[C@@H]2O)[C@H]1c1ccc(Cl)cc1Cl)c1cccc(OCC(=O)OC(C)(C)C)c1. The zero-order valence-electron chi connectivity index (χ0n) is 26.5. The van der Waals surface area contributed by atoms with Crippen LogP contribution in [-0.2, 0) is 14.3 Å². The number of aliphatic hydroxyl groups excluding tert-OH is 1. The topological polar surface area (TPSA) is 105 Å². The van der Waals surface area contributed by atoms with Crippen molar-refractivity contribution < 1.29 is 29.0 Å². The van der Waals surface area contributed by atoms with E-state index in [0.717, 1.165) is 18.4 Å². The second-order valence-electron chi connectivity index (χ2n) is 13.0. The van der Waals surface area contributed by atoms with E-state index >= 15 is 0 Å². The van der Waals surface area contributed by atoms with Gasteiger partial charge >= 0.3 is 5.97 Å². The van der Waals surface area contributed by atoms with Crippen molar-refractivity contribution in [1.82, 2.24) is 10.2 Å². The van der Waals surface area contributed by atoms with Crippen molar-refractivity contribution in [3.63, 3.8) is 0 Å². The van der Waals surface area contributed by atoms with E-state index in [4.69, 9.17) is 32.7 Å². The first-order valence-corrected chi connectivity index (χ1v) is 16.4. The number of nitrogens with one attached hydrogen (secondary N) is 1. The fourth-order valence-electron chi connectivity index (χ4n) is 6.46. The molecule has 3 aromatic carbocycles. The summed E-state index contributed by atoms with van der Waals surface area (Å²) in [6.07, 6.45) is 2.16. The summed E-state index contributed by atoms with van der Waals surface area (Å²) in [5, 5.41) is 15.1. The van der Waals surface area contributed by atoms with Gasteiger partial charge in [-0.2, -0.15) is 0 Å². The molecule has 2 amide bonds. The Kier molecular flexibility index (Phi) is 10.3. The summed E-state index contributed by atoms with van der Waals surface area (Å²) in [7, 11) is 0. The predicted octanol–water partition coefficient (Wildman–Crippen LogP) is 7.18. The van der Waals surface area contributed by atoms with Crippen LogP contribution in [0.25, 0.3) is 0 Å². The Morgan fingerprint density at radius 1 is 1.00 bits per heavy atom. The number of ether oxygens (including phenoxy) is 2. The van der Waals surface area contributed by atoms with Crippen LogP contribution in [0.1, 0.15) is 98.4 Å². The van der Waals surface area contributed by atoms with E-state index in [9.17, 15) is 19.5 Å². The second kappa shape index (κ2) is 14.0. The molecule has 5 rings (SSSR count). The molecule has 1 aliphatic heterocycles. The van der Waals surface area contributed by atoms with Crippen LogP contribution in [0.15, 0.2) is 66.7 Å². The summed E-state index contributed by atoms with van der Waals surface area (Å²) in [4.78, 5) is 42.6. The number of carbonyl (C=O) groups excluding carboxylic acids is 3. The standard InChI is InChI=1S/C36H40Cl2N2O6/c1-21(22-10-9-11-24(18-22)45-20-31(42)46-36(2,3)4)39-34(43)32-25-12-5-6-13-26(25)35(44)40(29-14-7-8-15-30(29)41)33(32)27-17-16-23(37)19-28(27)38/h5-6,9-13,16-19,21,29-30,32-33,41H,7-8,14-15,20H2,1-4H3,(H,39,43)/t21?,29-,30-,32+,33-/m0/s1. The molecule has 0 radical (unpaired) electrons. The molecule has 2 N–H and O–H groups in total. The monoisotopic (exact) mass is 666 g/mol. The number of esters is 1. The van der Waals surface area contributed by atoms with E-state index < -0.39 is 41.7 Å². The molecule has 5 atom stereocenters. The van der Waals surface area contributed by atoms with Gasteiger partial charge in [0, 0.05) is 15.6 Å². The Morgan fingerprint density at radius 3 is 2.46 bits per heavy atom. The van der Waals surface area contributed by atoms with Gasteiger partial charge < -0.3 is 24.8 Å². The van der Waals surface area contributed by atoms with Crippen LogP contribution in [0.3, 0.4) is 0 Å². The molecular weight excluding hydrogens is 627 g/mol. The van der Waals surface area contributed by atoms with E-state index in [-0.39, 0.29) is 18.4 Å². The van der Waals surface area contributed by atoms with Gasteiger partial charge in [-0.05, 0) is 87.6 Å². The first kappa shape index (κ1) is 33.8. The molecule has 0 saturated heterocycles. The van der Waals surface area contributed by atoms with Crippen molar-refractivity contribution in [2.24, 2.45) is 0 Å². The average Bonchev–Trinajstić information content (AvgIpc) is 3.00. The van der Waals surface area contributed by atoms with E-state index in [2.05, 4.69) is 5.32 Å². The molecule has 1 unspecified atom stereocenters. The molecule has 3 aromatic rings. The predicted molar refractivity (Wildman–Crippen MR) is 177 cm³/mol. The van der Waals surface area contributed by atoms with E-state index in [1.807, 2.05) is 19.1 Å². The third-order valence-electron chi connectivity index (χ3n) is 8.48. The quantitative estimate of drug-likeness (QED) is 0.247. The number of hydrogen-bond donors (Lipinski definition) is 2. The van der Waals surface area contributed by atoms with Crippen LogP contribution in [0.2, 0.25) is 10.0 Å². The second-order valence-corrected chi connectivity index (χ2v) is 13.8. The summed E-state index contributed by atoms with van der Waals surface area (Å²) >= 11 is 13.1. The smallest absolute Gasteiger partial charge is 0.344 e. The third kappa shape index (κ3) is 7.51. The molecule has 244 valence electrons. The zero-order valence-corrected chi connectivity index (χ0v) is 28.0. The highest BCUT2D eigenvalue weighted by Crippen LogP contribution is 2.48. The summed E-state index contributed by atoms with van der Waals surface area (Å²) in [5.41, 5.74) is 1.73. The average molecular weight is 668 g/mol. The number of rotatable bonds is 8. The molecule has 1 fully saturated rings. The van der Waals surface area contributed by atoms with Crippen molar-refractivity contribution in [3.8, 4) is 5.75 Å². The summed E-state index contributed by atoms with van der Waals surface area (Å²) in [6.45, 7) is 6.98. The normalized spacial score (nSPS) is 22.1. The lowest BCUT2D eigenvalue weighted by Gasteiger charge is -2.48. The van der Waals surface area contributed by atoms with Gasteiger partial charge in [0.25, 0.3) is 5.91 Å². The van der Waals surface area contributed by atoms with Crippen LogP contribution in [-0.4, -0.2) is 52.1 Å². The van der Waals surface area contributed by atoms with Gasteiger partial charge in [0.05, 0.1) is 30.1 Å². The molecule has 1 heterocycles. The highest BCUT2D eigenvalue weighted by molar-refractivity contribution is 6.35. The number of amides is 2. The van der Waals surface area contributed by atoms with Crippen LogP contribution >= 0.6 is 23.2 Å². The lowest BCUT2D eigenvalue weighted by Crippen LogP contribution is -2.55. The minimum absolute atomic E-state index is 0.246. The maximum absolute atomic E-state index is 14.5.